The van der Waals surface area contributed by atoms with E-state index in [1.807, 2.05) is 0 Å². The molecule has 0 bridgehead atoms. The Morgan fingerprint density at radius 2 is 1.26 bits per heavy atom. The van der Waals surface area contributed by atoms with Gasteiger partial charge in [0.1, 0.15) is 0 Å². The molecule has 0 spiro atoms. The molecule has 0 aromatic carbocycles. The molecule has 0 heterocycles. The Bertz CT molecular complexity index is 349. The fraction of sp³-hybridized carbons (Fsp3) is 1.00. The third-order valence-corrected chi connectivity index (χ3v) is 7.10. The van der Waals surface area contributed by atoms with Gasteiger partial charge in [0.05, 0.1) is 19.4 Å². The lowest BCUT2D eigenvalue weighted by molar-refractivity contribution is 0.155. The van der Waals surface area contributed by atoms with Crippen LogP contribution >= 0.6 is 7.60 Å². The van der Waals surface area contributed by atoms with Crippen LogP contribution in [0.25, 0.3) is 0 Å². The molecule has 2 atom stereocenters. The standard InChI is InChI=1S/C22H47O4P/c1-5-8-11-13-15-22(16-19-24-4)17-20-26-27(23,21-10-7-3)25-18-14-12-9-6-2/h22H,5-21H2,1-4H3. The van der Waals surface area contributed by atoms with Gasteiger partial charge >= 0.3 is 7.60 Å². The van der Waals surface area contributed by atoms with Crippen molar-refractivity contribution in [2.45, 2.75) is 104 Å². The zero-order valence-corrected chi connectivity index (χ0v) is 19.6. The van der Waals surface area contributed by atoms with E-state index < -0.39 is 7.60 Å². The number of rotatable bonds is 21. The molecule has 0 amide bonds. The third-order valence-electron chi connectivity index (χ3n) is 5.08. The van der Waals surface area contributed by atoms with Gasteiger partial charge in [0.25, 0.3) is 0 Å². The maximum absolute atomic E-state index is 13.0. The first-order valence-corrected chi connectivity index (χ1v) is 13.2. The highest BCUT2D eigenvalue weighted by Crippen LogP contribution is 2.49. The minimum Gasteiger partial charge on any atom is -0.385 e. The van der Waals surface area contributed by atoms with Gasteiger partial charge in [0.2, 0.25) is 0 Å². The molecular formula is C22H47O4P. The first kappa shape index (κ1) is 27.1. The Morgan fingerprint density at radius 3 is 1.89 bits per heavy atom. The second-order valence-corrected chi connectivity index (χ2v) is 9.89. The van der Waals surface area contributed by atoms with Crippen molar-refractivity contribution in [1.82, 2.24) is 0 Å². The average Bonchev–Trinajstić information content (AvgIpc) is 2.67. The third kappa shape index (κ3) is 16.7. The lowest BCUT2D eigenvalue weighted by atomic mass is 9.95. The van der Waals surface area contributed by atoms with Crippen molar-refractivity contribution in [2.75, 3.05) is 33.1 Å². The molecular weight excluding hydrogens is 359 g/mol. The summed E-state index contributed by atoms with van der Waals surface area (Å²) < 4.78 is 29.9. The average molecular weight is 407 g/mol. The van der Waals surface area contributed by atoms with Crippen LogP contribution in [0.15, 0.2) is 0 Å². The van der Waals surface area contributed by atoms with Crippen LogP contribution in [0.4, 0.5) is 0 Å². The van der Waals surface area contributed by atoms with E-state index in [0.29, 0.717) is 25.3 Å². The topological polar surface area (TPSA) is 44.8 Å². The minimum atomic E-state index is -2.93. The highest BCUT2D eigenvalue weighted by molar-refractivity contribution is 7.53. The fourth-order valence-corrected chi connectivity index (χ4v) is 5.01. The van der Waals surface area contributed by atoms with E-state index in [1.54, 1.807) is 7.11 Å². The van der Waals surface area contributed by atoms with Gasteiger partial charge in [-0.1, -0.05) is 78.6 Å². The summed E-state index contributed by atoms with van der Waals surface area (Å²) in [6.45, 7) is 8.44. The predicted octanol–water partition coefficient (Wildman–Crippen LogP) is 7.61. The van der Waals surface area contributed by atoms with Crippen LogP contribution in [0.5, 0.6) is 0 Å². The van der Waals surface area contributed by atoms with Gasteiger partial charge in [-0.25, -0.2) is 0 Å². The first-order valence-electron chi connectivity index (χ1n) is 11.5. The maximum Gasteiger partial charge on any atom is 0.330 e. The van der Waals surface area contributed by atoms with E-state index in [2.05, 4.69) is 20.8 Å². The van der Waals surface area contributed by atoms with Gasteiger partial charge in [-0.2, -0.15) is 0 Å². The van der Waals surface area contributed by atoms with Crippen molar-refractivity contribution in [3.8, 4) is 0 Å². The van der Waals surface area contributed by atoms with Gasteiger partial charge < -0.3 is 13.8 Å². The lowest BCUT2D eigenvalue weighted by Gasteiger charge is -2.21. The molecule has 0 aliphatic rings. The van der Waals surface area contributed by atoms with Crippen LogP contribution in [-0.4, -0.2) is 33.1 Å². The Morgan fingerprint density at radius 1 is 0.667 bits per heavy atom. The van der Waals surface area contributed by atoms with E-state index >= 15 is 0 Å². The summed E-state index contributed by atoms with van der Waals surface area (Å²) in [6, 6.07) is 0. The predicted molar refractivity (Wildman–Crippen MR) is 117 cm³/mol. The molecule has 2 unspecified atom stereocenters. The molecule has 0 saturated carbocycles. The first-order chi connectivity index (χ1) is 13.1. The molecule has 0 rings (SSSR count). The zero-order chi connectivity index (χ0) is 20.2. The van der Waals surface area contributed by atoms with E-state index in [4.69, 9.17) is 13.8 Å². The van der Waals surface area contributed by atoms with Crippen LogP contribution in [0.3, 0.4) is 0 Å². The molecule has 0 aliphatic heterocycles. The summed E-state index contributed by atoms with van der Waals surface area (Å²) >= 11 is 0. The van der Waals surface area contributed by atoms with E-state index in [-0.39, 0.29) is 0 Å². The number of hydrogen-bond acceptors (Lipinski definition) is 4. The van der Waals surface area contributed by atoms with Crippen molar-refractivity contribution in [2.24, 2.45) is 5.92 Å². The monoisotopic (exact) mass is 406 g/mol. The van der Waals surface area contributed by atoms with Crippen molar-refractivity contribution in [3.63, 3.8) is 0 Å². The molecule has 0 radical (unpaired) electrons. The summed E-state index contributed by atoms with van der Waals surface area (Å²) in [7, 11) is -1.17. The second-order valence-electron chi connectivity index (χ2n) is 7.70. The molecule has 4 nitrogen and oxygen atoms in total. The Kier molecular flexibility index (Phi) is 19.5. The second kappa shape index (κ2) is 19.4. The number of ether oxygens (including phenoxy) is 1. The highest BCUT2D eigenvalue weighted by atomic mass is 31.2. The smallest absolute Gasteiger partial charge is 0.330 e. The quantitative estimate of drug-likeness (QED) is 0.145. The van der Waals surface area contributed by atoms with Crippen LogP contribution < -0.4 is 0 Å². The SMILES string of the molecule is CCCCCCOP(=O)(CCCC)OCCC(CCCCCC)CCOC. The normalized spacial score (nSPS) is 15.0. The Hall–Kier alpha value is 0.110. The summed E-state index contributed by atoms with van der Waals surface area (Å²) in [5, 5.41) is 0. The highest BCUT2D eigenvalue weighted by Gasteiger charge is 2.24. The summed E-state index contributed by atoms with van der Waals surface area (Å²) in [4.78, 5) is 0. The molecule has 164 valence electrons. The van der Waals surface area contributed by atoms with Gasteiger partial charge in [-0.05, 0) is 31.6 Å². The van der Waals surface area contributed by atoms with E-state index in [0.717, 1.165) is 45.1 Å². The largest absolute Gasteiger partial charge is 0.385 e. The molecule has 0 aromatic rings. The molecule has 0 saturated heterocycles. The molecule has 27 heavy (non-hydrogen) atoms. The molecule has 0 aromatic heterocycles. The van der Waals surface area contributed by atoms with Crippen molar-refractivity contribution in [3.05, 3.63) is 0 Å². The van der Waals surface area contributed by atoms with Crippen molar-refractivity contribution >= 4 is 7.60 Å². The van der Waals surface area contributed by atoms with Gasteiger partial charge in [-0.3, -0.25) is 4.57 Å². The Labute approximate surface area is 169 Å². The van der Waals surface area contributed by atoms with Gasteiger partial charge in [0.15, 0.2) is 0 Å². The van der Waals surface area contributed by atoms with Gasteiger partial charge in [0, 0.05) is 13.7 Å². The van der Waals surface area contributed by atoms with Crippen molar-refractivity contribution < 1.29 is 18.3 Å². The maximum atomic E-state index is 13.0. The Balaban J connectivity index is 4.32. The van der Waals surface area contributed by atoms with Gasteiger partial charge in [-0.15, -0.1) is 0 Å². The minimum absolute atomic E-state index is 0.540. The van der Waals surface area contributed by atoms with E-state index in [1.165, 1.54) is 44.9 Å². The van der Waals surface area contributed by atoms with Crippen LogP contribution in [-0.2, 0) is 18.3 Å². The molecule has 0 aliphatic carbocycles. The molecule has 5 heteroatoms. The zero-order valence-electron chi connectivity index (χ0n) is 18.7. The lowest BCUT2D eigenvalue weighted by Crippen LogP contribution is -2.10. The van der Waals surface area contributed by atoms with Crippen LogP contribution in [0.1, 0.15) is 104 Å². The van der Waals surface area contributed by atoms with Crippen molar-refractivity contribution in [1.29, 1.82) is 0 Å². The number of methoxy groups -OCH3 is 1. The summed E-state index contributed by atoms with van der Waals surface area (Å²) in [5.41, 5.74) is 0. The van der Waals surface area contributed by atoms with E-state index in [9.17, 15) is 4.57 Å². The number of hydrogen-bond donors (Lipinski definition) is 0. The van der Waals surface area contributed by atoms with Crippen LogP contribution in [0.2, 0.25) is 0 Å². The van der Waals surface area contributed by atoms with Crippen LogP contribution in [0, 0.1) is 5.92 Å². The molecule has 0 N–H and O–H groups in total. The molecule has 0 fully saturated rings. The number of unbranched alkanes of at least 4 members (excludes halogenated alkanes) is 7. The fourth-order valence-electron chi connectivity index (χ4n) is 3.19. The summed E-state index contributed by atoms with van der Waals surface area (Å²) in [5.74, 6) is 0.589. The summed E-state index contributed by atoms with van der Waals surface area (Å²) in [6.07, 6.45) is 15.4.